The number of benzene rings is 2. The quantitative estimate of drug-likeness (QED) is 0.444. The van der Waals surface area contributed by atoms with Gasteiger partial charge >= 0.3 is 0 Å². The lowest BCUT2D eigenvalue weighted by molar-refractivity contribution is 0.102. The second-order valence-corrected chi connectivity index (χ2v) is 7.36. The van der Waals surface area contributed by atoms with Crippen LogP contribution < -0.4 is 10.6 Å². The molecule has 0 atom stereocenters. The molecule has 4 aromatic rings. The van der Waals surface area contributed by atoms with Crippen LogP contribution in [-0.2, 0) is 6.54 Å². The van der Waals surface area contributed by atoms with Gasteiger partial charge in [-0.15, -0.1) is 0 Å². The van der Waals surface area contributed by atoms with Crippen LogP contribution in [0.4, 0.5) is 15.9 Å². The first kappa shape index (κ1) is 21.1. The fraction of sp³-hybridized carbons (Fsp3) is 0.120. The standard InChI is InChI=1S/C25H22FN5O/c1-16-17(2)29-24(20-6-4-12-27-15-20)31-23(16)28-14-18-5-3-7-22(13-18)30-25(32)19-8-10-21(26)11-9-19/h3-13,15H,14H2,1-2H3,(H,30,32)(H,28,29,31). The molecule has 0 aliphatic heterocycles. The predicted molar refractivity (Wildman–Crippen MR) is 123 cm³/mol. The van der Waals surface area contributed by atoms with Gasteiger partial charge in [0.1, 0.15) is 11.6 Å². The number of carbonyl (C=O) groups is 1. The third-order valence-electron chi connectivity index (χ3n) is 5.06. The normalized spacial score (nSPS) is 10.6. The van der Waals surface area contributed by atoms with E-state index >= 15 is 0 Å². The molecule has 2 aromatic heterocycles. The Labute approximate surface area is 185 Å². The molecule has 0 spiro atoms. The van der Waals surface area contributed by atoms with Crippen LogP contribution >= 0.6 is 0 Å². The third kappa shape index (κ3) is 4.95. The number of anilines is 2. The van der Waals surface area contributed by atoms with Gasteiger partial charge in [-0.2, -0.15) is 0 Å². The average Bonchev–Trinajstić information content (AvgIpc) is 2.81. The highest BCUT2D eigenvalue weighted by Gasteiger charge is 2.11. The van der Waals surface area contributed by atoms with Crippen molar-refractivity contribution in [3.05, 3.63) is 101 Å². The maximum atomic E-state index is 13.1. The predicted octanol–water partition coefficient (Wildman–Crippen LogP) is 5.16. The lowest BCUT2D eigenvalue weighted by Crippen LogP contribution is -2.12. The molecule has 32 heavy (non-hydrogen) atoms. The van der Waals surface area contributed by atoms with Crippen LogP contribution in [0.1, 0.15) is 27.2 Å². The first-order chi connectivity index (χ1) is 15.5. The van der Waals surface area contributed by atoms with Gasteiger partial charge < -0.3 is 10.6 Å². The number of pyridine rings is 1. The molecule has 0 aliphatic rings. The SMILES string of the molecule is Cc1nc(-c2cccnc2)nc(NCc2cccc(NC(=O)c3ccc(F)cc3)c2)c1C. The highest BCUT2D eigenvalue weighted by molar-refractivity contribution is 6.04. The Morgan fingerprint density at radius 1 is 1.00 bits per heavy atom. The summed E-state index contributed by atoms with van der Waals surface area (Å²) in [4.78, 5) is 25.8. The summed E-state index contributed by atoms with van der Waals surface area (Å²) in [7, 11) is 0. The van der Waals surface area contributed by atoms with Crippen molar-refractivity contribution in [1.29, 1.82) is 0 Å². The summed E-state index contributed by atoms with van der Waals surface area (Å²) in [6, 6.07) is 16.8. The number of carbonyl (C=O) groups excluding carboxylic acids is 1. The first-order valence-electron chi connectivity index (χ1n) is 10.1. The Bertz CT molecular complexity index is 1240. The average molecular weight is 427 g/mol. The summed E-state index contributed by atoms with van der Waals surface area (Å²) in [5.74, 6) is 0.691. The maximum Gasteiger partial charge on any atom is 0.255 e. The number of hydrogen-bond donors (Lipinski definition) is 2. The second-order valence-electron chi connectivity index (χ2n) is 7.36. The number of hydrogen-bond acceptors (Lipinski definition) is 5. The molecule has 2 N–H and O–H groups in total. The van der Waals surface area contributed by atoms with E-state index in [4.69, 9.17) is 0 Å². The third-order valence-corrected chi connectivity index (χ3v) is 5.06. The smallest absolute Gasteiger partial charge is 0.255 e. The lowest BCUT2D eigenvalue weighted by atomic mass is 10.1. The summed E-state index contributed by atoms with van der Waals surface area (Å²) in [5.41, 5.74) is 4.74. The van der Waals surface area contributed by atoms with Gasteiger partial charge in [0.2, 0.25) is 0 Å². The molecule has 2 heterocycles. The Morgan fingerprint density at radius 2 is 1.81 bits per heavy atom. The van der Waals surface area contributed by atoms with Crippen molar-refractivity contribution in [2.45, 2.75) is 20.4 Å². The Morgan fingerprint density at radius 3 is 2.56 bits per heavy atom. The van der Waals surface area contributed by atoms with E-state index < -0.39 is 0 Å². The lowest BCUT2D eigenvalue weighted by Gasteiger charge is -2.13. The van der Waals surface area contributed by atoms with Crippen LogP contribution in [0.2, 0.25) is 0 Å². The van der Waals surface area contributed by atoms with E-state index in [1.165, 1.54) is 24.3 Å². The van der Waals surface area contributed by atoms with Crippen LogP contribution in [0.5, 0.6) is 0 Å². The van der Waals surface area contributed by atoms with E-state index in [9.17, 15) is 9.18 Å². The zero-order valence-electron chi connectivity index (χ0n) is 17.8. The minimum absolute atomic E-state index is 0.293. The molecule has 7 heteroatoms. The van der Waals surface area contributed by atoms with Gasteiger partial charge in [-0.3, -0.25) is 9.78 Å². The fourth-order valence-corrected chi connectivity index (χ4v) is 3.17. The van der Waals surface area contributed by atoms with Crippen molar-refractivity contribution >= 4 is 17.4 Å². The number of amides is 1. The van der Waals surface area contributed by atoms with Crippen molar-refractivity contribution in [3.63, 3.8) is 0 Å². The van der Waals surface area contributed by atoms with Gasteiger partial charge in [0.15, 0.2) is 5.82 Å². The minimum Gasteiger partial charge on any atom is -0.366 e. The number of aromatic nitrogens is 3. The van der Waals surface area contributed by atoms with E-state index in [1.807, 2.05) is 50.2 Å². The summed E-state index contributed by atoms with van der Waals surface area (Å²) >= 11 is 0. The number of nitrogens with zero attached hydrogens (tertiary/aromatic N) is 3. The maximum absolute atomic E-state index is 13.1. The van der Waals surface area contributed by atoms with Crippen LogP contribution in [0, 0.1) is 19.7 Å². The zero-order chi connectivity index (χ0) is 22.5. The van der Waals surface area contributed by atoms with Gasteiger partial charge in [0, 0.05) is 47.0 Å². The monoisotopic (exact) mass is 427 g/mol. The topological polar surface area (TPSA) is 79.8 Å². The van der Waals surface area contributed by atoms with E-state index in [1.54, 1.807) is 12.4 Å². The van der Waals surface area contributed by atoms with Gasteiger partial charge in [0.05, 0.1) is 0 Å². The van der Waals surface area contributed by atoms with Crippen molar-refractivity contribution in [1.82, 2.24) is 15.0 Å². The molecule has 0 saturated heterocycles. The summed E-state index contributed by atoms with van der Waals surface area (Å²) < 4.78 is 13.1. The van der Waals surface area contributed by atoms with Gasteiger partial charge in [-0.05, 0) is 67.9 Å². The first-order valence-corrected chi connectivity index (χ1v) is 10.1. The molecular formula is C25H22FN5O. The highest BCUT2D eigenvalue weighted by Crippen LogP contribution is 2.22. The molecule has 160 valence electrons. The number of aryl methyl sites for hydroxylation is 1. The van der Waals surface area contributed by atoms with Crippen molar-refractivity contribution in [2.24, 2.45) is 0 Å². The fourth-order valence-electron chi connectivity index (χ4n) is 3.17. The van der Waals surface area contributed by atoms with Crippen LogP contribution in [0.3, 0.4) is 0 Å². The van der Waals surface area contributed by atoms with E-state index in [-0.39, 0.29) is 11.7 Å². The van der Waals surface area contributed by atoms with Crippen molar-refractivity contribution < 1.29 is 9.18 Å². The Hall–Kier alpha value is -4.13. The second kappa shape index (κ2) is 9.34. The van der Waals surface area contributed by atoms with E-state index in [0.29, 0.717) is 23.6 Å². The molecule has 0 saturated carbocycles. The molecule has 2 aromatic carbocycles. The molecule has 0 unspecified atom stereocenters. The van der Waals surface area contributed by atoms with Crippen LogP contribution in [0.25, 0.3) is 11.4 Å². The molecule has 0 bridgehead atoms. The molecule has 0 aliphatic carbocycles. The van der Waals surface area contributed by atoms with Crippen molar-refractivity contribution in [3.8, 4) is 11.4 Å². The number of rotatable bonds is 6. The summed E-state index contributed by atoms with van der Waals surface area (Å²) in [6.07, 6.45) is 3.45. The Balaban J connectivity index is 1.48. The molecule has 6 nitrogen and oxygen atoms in total. The Kier molecular flexibility index (Phi) is 6.17. The molecule has 4 rings (SSSR count). The molecule has 0 radical (unpaired) electrons. The van der Waals surface area contributed by atoms with Crippen LogP contribution in [-0.4, -0.2) is 20.9 Å². The minimum atomic E-state index is -0.378. The van der Waals surface area contributed by atoms with Gasteiger partial charge in [0.25, 0.3) is 5.91 Å². The highest BCUT2D eigenvalue weighted by atomic mass is 19.1. The molecule has 0 fully saturated rings. The molecule has 1 amide bonds. The number of halogens is 1. The van der Waals surface area contributed by atoms with E-state index in [2.05, 4.69) is 25.6 Å². The van der Waals surface area contributed by atoms with E-state index in [0.717, 1.165) is 28.2 Å². The van der Waals surface area contributed by atoms with Crippen LogP contribution in [0.15, 0.2) is 73.1 Å². The van der Waals surface area contributed by atoms with Gasteiger partial charge in [-0.25, -0.2) is 14.4 Å². The summed E-state index contributed by atoms with van der Waals surface area (Å²) in [6.45, 7) is 4.45. The summed E-state index contributed by atoms with van der Waals surface area (Å²) in [5, 5.41) is 6.22. The number of nitrogens with one attached hydrogen (secondary N) is 2. The molecular weight excluding hydrogens is 405 g/mol. The largest absolute Gasteiger partial charge is 0.366 e. The van der Waals surface area contributed by atoms with Gasteiger partial charge in [-0.1, -0.05) is 12.1 Å². The van der Waals surface area contributed by atoms with Crippen molar-refractivity contribution in [2.75, 3.05) is 10.6 Å². The zero-order valence-corrected chi connectivity index (χ0v) is 17.8.